The first-order valence-corrected chi connectivity index (χ1v) is 15.1. The average Bonchev–Trinajstić information content (AvgIpc) is 3.06. The van der Waals surface area contributed by atoms with Gasteiger partial charge in [-0.15, -0.1) is 0 Å². The molecular formula is C26H45NO21. The van der Waals surface area contributed by atoms with E-state index in [0.29, 0.717) is 0 Å². The minimum atomic E-state index is -2.03. The maximum atomic E-state index is 11.8. The molecule has 48 heavy (non-hydrogen) atoms. The van der Waals surface area contributed by atoms with Gasteiger partial charge in [0, 0.05) is 6.92 Å². The first-order valence-electron chi connectivity index (χ1n) is 15.1. The minimum Gasteiger partial charge on any atom is -0.394 e. The molecule has 0 aromatic heterocycles. The fourth-order valence-electron chi connectivity index (χ4n) is 5.95. The number of nitrogens with one attached hydrogen (secondary N) is 1. The summed E-state index contributed by atoms with van der Waals surface area (Å²) in [5, 5.41) is 136. The molecule has 22 nitrogen and oxygen atoms in total. The maximum absolute atomic E-state index is 11.8. The summed E-state index contributed by atoms with van der Waals surface area (Å²) in [6.07, 6.45) is -33.5. The SMILES string of the molecule is CC(=O)NC1C(OC2C(O)C(CO)OC(OC3C(CO)OC(OC4C(CO)OC(O)C(O)C4O)C(O)C3O)C2O)OC(CO)C(O)C1O. The first kappa shape index (κ1) is 39.5. The van der Waals surface area contributed by atoms with Crippen molar-refractivity contribution in [2.45, 2.75) is 130 Å². The molecule has 4 aliphatic rings. The summed E-state index contributed by atoms with van der Waals surface area (Å²) in [7, 11) is 0. The van der Waals surface area contributed by atoms with E-state index in [9.17, 15) is 71.2 Å². The van der Waals surface area contributed by atoms with Gasteiger partial charge in [-0.05, 0) is 0 Å². The van der Waals surface area contributed by atoms with Crippen LogP contribution >= 0.6 is 0 Å². The Labute approximate surface area is 272 Å². The molecule has 1 amide bonds. The summed E-state index contributed by atoms with van der Waals surface area (Å²) in [6.45, 7) is -2.35. The van der Waals surface area contributed by atoms with E-state index >= 15 is 0 Å². The predicted molar refractivity (Wildman–Crippen MR) is 145 cm³/mol. The van der Waals surface area contributed by atoms with E-state index in [2.05, 4.69) is 5.32 Å². The second-order valence-electron chi connectivity index (χ2n) is 11.9. The van der Waals surface area contributed by atoms with Gasteiger partial charge >= 0.3 is 0 Å². The highest BCUT2D eigenvalue weighted by Gasteiger charge is 2.55. The molecule has 0 aromatic carbocycles. The van der Waals surface area contributed by atoms with Crippen LogP contribution in [0.15, 0.2) is 0 Å². The number of carbonyl (C=O) groups is 1. The van der Waals surface area contributed by atoms with Crippen molar-refractivity contribution < 1.29 is 104 Å². The zero-order chi connectivity index (χ0) is 35.6. The van der Waals surface area contributed by atoms with Crippen molar-refractivity contribution in [1.82, 2.24) is 5.32 Å². The summed E-state index contributed by atoms with van der Waals surface area (Å²) < 4.78 is 38.4. The van der Waals surface area contributed by atoms with Crippen LogP contribution in [0, 0.1) is 0 Å². The van der Waals surface area contributed by atoms with Gasteiger partial charge in [-0.2, -0.15) is 0 Å². The highest BCUT2D eigenvalue weighted by atomic mass is 16.8. The van der Waals surface area contributed by atoms with Gasteiger partial charge in [0.1, 0.15) is 97.6 Å². The number of aliphatic hydroxyl groups excluding tert-OH is 13. The van der Waals surface area contributed by atoms with E-state index in [1.807, 2.05) is 0 Å². The number of amides is 1. The lowest BCUT2D eigenvalue weighted by Gasteiger charge is -2.49. The van der Waals surface area contributed by atoms with Gasteiger partial charge in [-0.25, -0.2) is 0 Å². The van der Waals surface area contributed by atoms with E-state index in [4.69, 9.17) is 33.2 Å². The number of ether oxygens (including phenoxy) is 7. The molecule has 20 unspecified atom stereocenters. The zero-order valence-electron chi connectivity index (χ0n) is 25.5. The predicted octanol–water partition coefficient (Wildman–Crippen LogP) is -9.61. The Morgan fingerprint density at radius 1 is 0.500 bits per heavy atom. The Hall–Kier alpha value is -1.33. The van der Waals surface area contributed by atoms with Crippen molar-refractivity contribution in [3.63, 3.8) is 0 Å². The molecule has 0 spiro atoms. The Kier molecular flexibility index (Phi) is 13.8. The van der Waals surface area contributed by atoms with E-state index in [1.165, 1.54) is 0 Å². The van der Waals surface area contributed by atoms with Crippen LogP contribution in [0.2, 0.25) is 0 Å². The van der Waals surface area contributed by atoms with Crippen LogP contribution in [-0.4, -0.2) is 221 Å². The van der Waals surface area contributed by atoms with Crippen LogP contribution in [0.5, 0.6) is 0 Å². The smallest absolute Gasteiger partial charge is 0.217 e. The van der Waals surface area contributed by atoms with Gasteiger partial charge in [0.05, 0.1) is 26.4 Å². The first-order chi connectivity index (χ1) is 22.7. The van der Waals surface area contributed by atoms with E-state index in [1.54, 1.807) is 0 Å². The molecule has 4 fully saturated rings. The summed E-state index contributed by atoms with van der Waals surface area (Å²) in [5.41, 5.74) is 0. The molecule has 0 saturated carbocycles. The van der Waals surface area contributed by atoms with E-state index < -0.39 is 155 Å². The summed E-state index contributed by atoms with van der Waals surface area (Å²) in [5.74, 6) is -0.693. The van der Waals surface area contributed by atoms with E-state index in [0.717, 1.165) is 6.92 Å². The van der Waals surface area contributed by atoms with Crippen LogP contribution in [0.1, 0.15) is 6.92 Å². The van der Waals surface area contributed by atoms with Gasteiger partial charge < -0.3 is 105 Å². The Bertz CT molecular complexity index is 1030. The van der Waals surface area contributed by atoms with Crippen LogP contribution < -0.4 is 5.32 Å². The molecule has 4 rings (SSSR count). The molecule has 0 aliphatic carbocycles. The molecule has 22 heteroatoms. The zero-order valence-corrected chi connectivity index (χ0v) is 25.5. The van der Waals surface area contributed by atoms with Crippen molar-refractivity contribution in [1.29, 1.82) is 0 Å². The van der Waals surface area contributed by atoms with Crippen molar-refractivity contribution >= 4 is 5.91 Å². The Balaban J connectivity index is 1.51. The van der Waals surface area contributed by atoms with Gasteiger partial charge in [-0.1, -0.05) is 0 Å². The van der Waals surface area contributed by atoms with Gasteiger partial charge in [-0.3, -0.25) is 4.79 Å². The lowest BCUT2D eigenvalue weighted by Crippen LogP contribution is -2.69. The monoisotopic (exact) mass is 707 g/mol. The number of hydrogen-bond donors (Lipinski definition) is 14. The lowest BCUT2D eigenvalue weighted by molar-refractivity contribution is -0.385. The van der Waals surface area contributed by atoms with Gasteiger partial charge in [0.25, 0.3) is 0 Å². The topological polar surface area (TPSA) is 357 Å². The number of aliphatic hydroxyl groups is 13. The third-order valence-corrected chi connectivity index (χ3v) is 8.61. The molecule has 0 aromatic rings. The number of hydrogen-bond acceptors (Lipinski definition) is 21. The second-order valence-corrected chi connectivity index (χ2v) is 11.9. The lowest BCUT2D eigenvalue weighted by atomic mass is 9.95. The van der Waals surface area contributed by atoms with Crippen molar-refractivity contribution in [2.75, 3.05) is 26.4 Å². The fraction of sp³-hybridized carbons (Fsp3) is 0.962. The molecule has 280 valence electrons. The summed E-state index contributed by atoms with van der Waals surface area (Å²) in [6, 6.07) is -1.49. The van der Waals surface area contributed by atoms with Gasteiger partial charge in [0.15, 0.2) is 25.2 Å². The minimum absolute atomic E-state index is 0.693. The second kappa shape index (κ2) is 16.8. The standard InChI is InChI=1S/C26H45NO21/c1-6(32)27-11-14(35)12(33)7(2-28)43-24(11)48-22-13(34)8(3-29)44-26(19(22)40)47-21-10(5-31)45-25(18(39)16(21)37)46-20-9(4-30)42-23(41)17(38)15(20)36/h7-26,28-31,33-41H,2-5H2,1H3,(H,27,32). The van der Waals surface area contributed by atoms with Crippen molar-refractivity contribution in [3.8, 4) is 0 Å². The van der Waals surface area contributed by atoms with Crippen molar-refractivity contribution in [2.24, 2.45) is 0 Å². The molecular weight excluding hydrogens is 662 g/mol. The molecule has 14 N–H and O–H groups in total. The third kappa shape index (κ3) is 8.08. The molecule has 4 heterocycles. The fourth-order valence-corrected chi connectivity index (χ4v) is 5.95. The normalized spacial score (nSPS) is 50.2. The quantitative estimate of drug-likeness (QED) is 0.0947. The highest BCUT2D eigenvalue weighted by Crippen LogP contribution is 2.34. The van der Waals surface area contributed by atoms with Crippen LogP contribution in [0.4, 0.5) is 0 Å². The Morgan fingerprint density at radius 3 is 1.48 bits per heavy atom. The van der Waals surface area contributed by atoms with Crippen LogP contribution in [-0.2, 0) is 38.0 Å². The van der Waals surface area contributed by atoms with Crippen molar-refractivity contribution in [3.05, 3.63) is 0 Å². The third-order valence-electron chi connectivity index (χ3n) is 8.61. The molecule has 0 bridgehead atoms. The molecule has 4 aliphatic heterocycles. The number of carbonyl (C=O) groups excluding carboxylic acids is 1. The Morgan fingerprint density at radius 2 is 0.938 bits per heavy atom. The maximum Gasteiger partial charge on any atom is 0.217 e. The number of rotatable bonds is 11. The van der Waals surface area contributed by atoms with Crippen LogP contribution in [0.3, 0.4) is 0 Å². The largest absolute Gasteiger partial charge is 0.394 e. The van der Waals surface area contributed by atoms with Gasteiger partial charge in [0.2, 0.25) is 5.91 Å². The molecule has 4 saturated heterocycles. The molecule has 20 atom stereocenters. The van der Waals surface area contributed by atoms with Crippen LogP contribution in [0.25, 0.3) is 0 Å². The average molecular weight is 708 g/mol. The summed E-state index contributed by atoms with van der Waals surface area (Å²) >= 11 is 0. The summed E-state index contributed by atoms with van der Waals surface area (Å²) in [4.78, 5) is 11.8. The highest BCUT2D eigenvalue weighted by molar-refractivity contribution is 5.73. The van der Waals surface area contributed by atoms with E-state index in [-0.39, 0.29) is 0 Å². The molecule has 0 radical (unpaired) electrons.